The van der Waals surface area contributed by atoms with E-state index >= 15 is 0 Å². The number of hydrogen-bond donors (Lipinski definition) is 0. The van der Waals surface area contributed by atoms with Gasteiger partial charge >= 0.3 is 0 Å². The Morgan fingerprint density at radius 1 is 0.923 bits per heavy atom. The molecule has 1 saturated carbocycles. The Labute approximate surface area is 81.0 Å². The molecule has 1 fully saturated rings. The molecule has 0 spiro atoms. The predicted octanol–water partition coefficient (Wildman–Crippen LogP) is 3.72. The van der Waals surface area contributed by atoms with Gasteiger partial charge in [-0.1, -0.05) is 49.6 Å². The van der Waals surface area contributed by atoms with Crippen LogP contribution in [0.15, 0.2) is 30.3 Å². The zero-order valence-corrected chi connectivity index (χ0v) is 8.13. The summed E-state index contributed by atoms with van der Waals surface area (Å²) in [5.74, 6) is 0. The van der Waals surface area contributed by atoms with Crippen LogP contribution in [0.5, 0.6) is 0 Å². The minimum atomic E-state index is 0.222. The molecule has 1 radical (unpaired) electrons. The SMILES string of the molecule is [CH2]C1(c2ccccc2)CCCCC1. The Morgan fingerprint density at radius 2 is 1.54 bits per heavy atom. The summed E-state index contributed by atoms with van der Waals surface area (Å²) < 4.78 is 0. The van der Waals surface area contributed by atoms with Crippen molar-refractivity contribution in [2.75, 3.05) is 0 Å². The number of benzene rings is 1. The second-order valence-electron chi connectivity index (χ2n) is 4.21. The first-order valence-electron chi connectivity index (χ1n) is 5.22. The van der Waals surface area contributed by atoms with Gasteiger partial charge in [-0.25, -0.2) is 0 Å². The van der Waals surface area contributed by atoms with Crippen LogP contribution in [0.3, 0.4) is 0 Å². The van der Waals surface area contributed by atoms with E-state index in [0.717, 1.165) is 0 Å². The smallest absolute Gasteiger partial charge is 0.00466 e. The molecule has 1 aromatic rings. The highest BCUT2D eigenvalue weighted by molar-refractivity contribution is 5.27. The molecule has 0 heteroatoms. The van der Waals surface area contributed by atoms with Gasteiger partial charge in [0.15, 0.2) is 0 Å². The largest absolute Gasteiger partial charge is 0.0622 e. The first-order chi connectivity index (χ1) is 6.31. The van der Waals surface area contributed by atoms with Gasteiger partial charge in [-0.15, -0.1) is 0 Å². The van der Waals surface area contributed by atoms with E-state index in [2.05, 4.69) is 37.3 Å². The van der Waals surface area contributed by atoms with Crippen LogP contribution in [-0.2, 0) is 5.41 Å². The van der Waals surface area contributed by atoms with Gasteiger partial charge in [0.25, 0.3) is 0 Å². The quantitative estimate of drug-likeness (QED) is 0.607. The molecule has 0 N–H and O–H groups in total. The van der Waals surface area contributed by atoms with E-state index < -0.39 is 0 Å². The molecular formula is C13H17. The van der Waals surface area contributed by atoms with Gasteiger partial charge in [-0.3, -0.25) is 0 Å². The summed E-state index contributed by atoms with van der Waals surface area (Å²) in [6.45, 7) is 4.40. The van der Waals surface area contributed by atoms with Crippen molar-refractivity contribution in [1.29, 1.82) is 0 Å². The Kier molecular flexibility index (Phi) is 2.39. The summed E-state index contributed by atoms with van der Waals surface area (Å²) in [5.41, 5.74) is 1.65. The Bertz CT molecular complexity index is 255. The Hall–Kier alpha value is -0.780. The van der Waals surface area contributed by atoms with Gasteiger partial charge in [0.05, 0.1) is 0 Å². The molecule has 0 heterocycles. The lowest BCUT2D eigenvalue weighted by atomic mass is 9.71. The van der Waals surface area contributed by atoms with Crippen LogP contribution >= 0.6 is 0 Å². The average molecular weight is 173 g/mol. The van der Waals surface area contributed by atoms with Crippen LogP contribution in [0.4, 0.5) is 0 Å². The first kappa shape index (κ1) is 8.80. The lowest BCUT2D eigenvalue weighted by Crippen LogP contribution is -2.25. The van der Waals surface area contributed by atoms with Gasteiger partial charge in [0.2, 0.25) is 0 Å². The van der Waals surface area contributed by atoms with Crippen molar-refractivity contribution in [2.45, 2.75) is 37.5 Å². The highest BCUT2D eigenvalue weighted by Crippen LogP contribution is 2.38. The molecule has 2 rings (SSSR count). The fraction of sp³-hybridized carbons (Fsp3) is 0.462. The van der Waals surface area contributed by atoms with Crippen LogP contribution in [0.2, 0.25) is 0 Å². The Morgan fingerprint density at radius 3 is 2.15 bits per heavy atom. The molecule has 0 nitrogen and oxygen atoms in total. The van der Waals surface area contributed by atoms with E-state index in [1.54, 1.807) is 0 Å². The molecule has 0 aliphatic heterocycles. The van der Waals surface area contributed by atoms with E-state index in [0.29, 0.717) is 0 Å². The number of hydrogen-bond acceptors (Lipinski definition) is 0. The van der Waals surface area contributed by atoms with Crippen molar-refractivity contribution in [3.63, 3.8) is 0 Å². The van der Waals surface area contributed by atoms with Gasteiger partial charge in [-0.2, -0.15) is 0 Å². The summed E-state index contributed by atoms with van der Waals surface area (Å²) in [7, 11) is 0. The molecular weight excluding hydrogens is 156 g/mol. The van der Waals surface area contributed by atoms with Crippen molar-refractivity contribution >= 4 is 0 Å². The average Bonchev–Trinajstić information content (AvgIpc) is 2.20. The fourth-order valence-corrected chi connectivity index (χ4v) is 2.31. The van der Waals surface area contributed by atoms with Crippen molar-refractivity contribution in [1.82, 2.24) is 0 Å². The molecule has 0 amide bonds. The molecule has 0 bridgehead atoms. The van der Waals surface area contributed by atoms with E-state index in [4.69, 9.17) is 0 Å². The third kappa shape index (κ3) is 1.77. The van der Waals surface area contributed by atoms with Crippen molar-refractivity contribution in [2.24, 2.45) is 0 Å². The predicted molar refractivity (Wildman–Crippen MR) is 56.6 cm³/mol. The lowest BCUT2D eigenvalue weighted by Gasteiger charge is -2.33. The molecule has 13 heavy (non-hydrogen) atoms. The standard InChI is InChI=1S/C13H17/c1-13(10-6-3-7-11-13)12-8-4-2-5-9-12/h2,4-5,8-9H,1,3,6-7,10-11H2. The normalized spacial score (nSPS) is 21.3. The molecule has 1 aromatic carbocycles. The maximum Gasteiger partial charge on any atom is -0.00466 e. The second-order valence-corrected chi connectivity index (χ2v) is 4.21. The molecule has 0 aromatic heterocycles. The van der Waals surface area contributed by atoms with E-state index in [1.165, 1.54) is 37.7 Å². The van der Waals surface area contributed by atoms with E-state index in [1.807, 2.05) is 0 Å². The van der Waals surface area contributed by atoms with Gasteiger partial charge in [0, 0.05) is 0 Å². The molecule has 0 saturated heterocycles. The van der Waals surface area contributed by atoms with Gasteiger partial charge < -0.3 is 0 Å². The summed E-state index contributed by atoms with van der Waals surface area (Å²) >= 11 is 0. The van der Waals surface area contributed by atoms with E-state index in [9.17, 15) is 0 Å². The monoisotopic (exact) mass is 173 g/mol. The Balaban J connectivity index is 2.23. The number of rotatable bonds is 1. The van der Waals surface area contributed by atoms with Gasteiger partial charge in [-0.05, 0) is 30.7 Å². The minimum Gasteiger partial charge on any atom is -0.0622 e. The highest BCUT2D eigenvalue weighted by Gasteiger charge is 2.28. The molecule has 0 atom stereocenters. The summed E-state index contributed by atoms with van der Waals surface area (Å²) in [6.07, 6.45) is 6.61. The molecule has 69 valence electrons. The van der Waals surface area contributed by atoms with Crippen molar-refractivity contribution in [3.8, 4) is 0 Å². The second kappa shape index (κ2) is 3.53. The summed E-state index contributed by atoms with van der Waals surface area (Å²) in [5, 5.41) is 0. The van der Waals surface area contributed by atoms with Crippen LogP contribution in [0, 0.1) is 6.92 Å². The van der Waals surface area contributed by atoms with E-state index in [-0.39, 0.29) is 5.41 Å². The zero-order chi connectivity index (χ0) is 9.15. The summed E-state index contributed by atoms with van der Waals surface area (Å²) in [4.78, 5) is 0. The molecule has 1 aliphatic rings. The van der Waals surface area contributed by atoms with Crippen molar-refractivity contribution < 1.29 is 0 Å². The third-order valence-electron chi connectivity index (χ3n) is 3.20. The topological polar surface area (TPSA) is 0 Å². The van der Waals surface area contributed by atoms with Crippen LogP contribution in [0.1, 0.15) is 37.7 Å². The van der Waals surface area contributed by atoms with Gasteiger partial charge in [0.1, 0.15) is 0 Å². The fourth-order valence-electron chi connectivity index (χ4n) is 2.31. The minimum absolute atomic E-state index is 0.222. The first-order valence-corrected chi connectivity index (χ1v) is 5.22. The van der Waals surface area contributed by atoms with Crippen LogP contribution in [0.25, 0.3) is 0 Å². The highest BCUT2D eigenvalue weighted by atomic mass is 14.3. The zero-order valence-electron chi connectivity index (χ0n) is 8.13. The van der Waals surface area contributed by atoms with Crippen molar-refractivity contribution in [3.05, 3.63) is 42.8 Å². The van der Waals surface area contributed by atoms with Crippen LogP contribution < -0.4 is 0 Å². The molecule has 0 unspecified atom stereocenters. The molecule has 1 aliphatic carbocycles. The third-order valence-corrected chi connectivity index (χ3v) is 3.20. The maximum absolute atomic E-state index is 4.40. The summed E-state index contributed by atoms with van der Waals surface area (Å²) in [6, 6.07) is 10.8. The lowest BCUT2D eigenvalue weighted by molar-refractivity contribution is 0.354. The van der Waals surface area contributed by atoms with Crippen LogP contribution in [-0.4, -0.2) is 0 Å². The maximum atomic E-state index is 4.40.